The minimum atomic E-state index is -0.317. The lowest BCUT2D eigenvalue weighted by Crippen LogP contribution is -2.19. The standard InChI is InChI=1S/C7H13N3O/c1-5-3-9-10(2)7(5)6(8)4-11/h3,6,11H,4,8H2,1-2H3/t6-/m1/s1. The first-order chi connectivity index (χ1) is 5.16. The summed E-state index contributed by atoms with van der Waals surface area (Å²) in [6.45, 7) is 1.89. The maximum absolute atomic E-state index is 8.79. The van der Waals surface area contributed by atoms with Gasteiger partial charge in [-0.15, -0.1) is 0 Å². The predicted molar refractivity (Wildman–Crippen MR) is 42.0 cm³/mol. The van der Waals surface area contributed by atoms with E-state index in [2.05, 4.69) is 5.10 Å². The summed E-state index contributed by atoms with van der Waals surface area (Å²) in [4.78, 5) is 0. The van der Waals surface area contributed by atoms with Gasteiger partial charge in [0.1, 0.15) is 0 Å². The van der Waals surface area contributed by atoms with Crippen LogP contribution < -0.4 is 5.73 Å². The van der Waals surface area contributed by atoms with Gasteiger partial charge in [0.2, 0.25) is 0 Å². The SMILES string of the molecule is Cc1cnn(C)c1[C@H](N)CO. The van der Waals surface area contributed by atoms with Crippen LogP contribution in [0, 0.1) is 6.92 Å². The number of hydrogen-bond acceptors (Lipinski definition) is 3. The van der Waals surface area contributed by atoms with Crippen molar-refractivity contribution in [2.45, 2.75) is 13.0 Å². The summed E-state index contributed by atoms with van der Waals surface area (Å²) in [6.07, 6.45) is 1.74. The van der Waals surface area contributed by atoms with Crippen molar-refractivity contribution in [2.75, 3.05) is 6.61 Å². The van der Waals surface area contributed by atoms with Gasteiger partial charge in [0.05, 0.1) is 24.5 Å². The fraction of sp³-hybridized carbons (Fsp3) is 0.571. The molecule has 0 aliphatic rings. The molecule has 0 aromatic carbocycles. The van der Waals surface area contributed by atoms with E-state index in [1.807, 2.05) is 14.0 Å². The monoisotopic (exact) mass is 155 g/mol. The average molecular weight is 155 g/mol. The minimum absolute atomic E-state index is 0.0413. The van der Waals surface area contributed by atoms with E-state index in [9.17, 15) is 0 Å². The largest absolute Gasteiger partial charge is 0.394 e. The predicted octanol–water partition coefficient (Wildman–Crippen LogP) is -0.279. The number of aromatic nitrogens is 2. The Morgan fingerprint density at radius 1 is 1.82 bits per heavy atom. The first-order valence-electron chi connectivity index (χ1n) is 3.51. The van der Waals surface area contributed by atoms with Crippen molar-refractivity contribution in [1.82, 2.24) is 9.78 Å². The fourth-order valence-corrected chi connectivity index (χ4v) is 1.18. The number of hydrogen-bond donors (Lipinski definition) is 2. The highest BCUT2D eigenvalue weighted by Gasteiger charge is 2.11. The molecule has 62 valence electrons. The molecule has 11 heavy (non-hydrogen) atoms. The first kappa shape index (κ1) is 8.23. The van der Waals surface area contributed by atoms with Gasteiger partial charge in [-0.2, -0.15) is 5.10 Å². The van der Waals surface area contributed by atoms with Crippen molar-refractivity contribution in [3.63, 3.8) is 0 Å². The molecule has 1 aromatic heterocycles. The quantitative estimate of drug-likeness (QED) is 0.617. The van der Waals surface area contributed by atoms with E-state index in [0.717, 1.165) is 11.3 Å². The van der Waals surface area contributed by atoms with Crippen molar-refractivity contribution in [3.8, 4) is 0 Å². The highest BCUT2D eigenvalue weighted by molar-refractivity contribution is 5.18. The van der Waals surface area contributed by atoms with Gasteiger partial charge in [0.25, 0.3) is 0 Å². The van der Waals surface area contributed by atoms with Gasteiger partial charge in [-0.3, -0.25) is 4.68 Å². The van der Waals surface area contributed by atoms with Gasteiger partial charge in [0.15, 0.2) is 0 Å². The molecule has 0 radical (unpaired) electrons. The normalized spacial score (nSPS) is 13.5. The summed E-state index contributed by atoms with van der Waals surface area (Å²) in [5.74, 6) is 0. The van der Waals surface area contributed by atoms with Crippen molar-refractivity contribution in [1.29, 1.82) is 0 Å². The van der Waals surface area contributed by atoms with Crippen LogP contribution in [0.4, 0.5) is 0 Å². The third kappa shape index (κ3) is 1.41. The molecule has 0 spiro atoms. The Hall–Kier alpha value is -0.870. The van der Waals surface area contributed by atoms with Crippen molar-refractivity contribution in [2.24, 2.45) is 12.8 Å². The summed E-state index contributed by atoms with van der Waals surface area (Å²) in [7, 11) is 1.82. The van der Waals surface area contributed by atoms with Gasteiger partial charge in [0, 0.05) is 7.05 Å². The number of aliphatic hydroxyl groups is 1. The number of nitrogens with zero attached hydrogens (tertiary/aromatic N) is 2. The second kappa shape index (κ2) is 3.02. The third-order valence-electron chi connectivity index (χ3n) is 1.73. The molecule has 0 saturated heterocycles. The zero-order valence-corrected chi connectivity index (χ0v) is 6.78. The van der Waals surface area contributed by atoms with Crippen LogP contribution in [0.5, 0.6) is 0 Å². The molecule has 1 rings (SSSR count). The van der Waals surface area contributed by atoms with Gasteiger partial charge in [-0.25, -0.2) is 0 Å². The molecular formula is C7H13N3O. The summed E-state index contributed by atoms with van der Waals surface area (Å²) in [6, 6.07) is -0.317. The molecule has 1 heterocycles. The lowest BCUT2D eigenvalue weighted by atomic mass is 10.1. The Morgan fingerprint density at radius 2 is 2.45 bits per heavy atom. The molecule has 1 atom stereocenters. The van der Waals surface area contributed by atoms with E-state index in [1.165, 1.54) is 0 Å². The van der Waals surface area contributed by atoms with Crippen molar-refractivity contribution >= 4 is 0 Å². The molecule has 0 saturated carbocycles. The Morgan fingerprint density at radius 3 is 2.82 bits per heavy atom. The van der Waals surface area contributed by atoms with Crippen LogP contribution in [0.15, 0.2) is 6.20 Å². The van der Waals surface area contributed by atoms with E-state index in [-0.39, 0.29) is 12.6 Å². The second-order valence-electron chi connectivity index (χ2n) is 2.63. The van der Waals surface area contributed by atoms with Crippen LogP contribution in [0.25, 0.3) is 0 Å². The highest BCUT2D eigenvalue weighted by atomic mass is 16.3. The molecule has 0 fully saturated rings. The van der Waals surface area contributed by atoms with Gasteiger partial charge in [-0.05, 0) is 12.5 Å². The average Bonchev–Trinajstić information content (AvgIpc) is 2.30. The lowest BCUT2D eigenvalue weighted by molar-refractivity contribution is 0.262. The maximum Gasteiger partial charge on any atom is 0.0704 e. The van der Waals surface area contributed by atoms with Gasteiger partial charge >= 0.3 is 0 Å². The molecule has 4 heteroatoms. The van der Waals surface area contributed by atoms with Crippen LogP contribution in [-0.2, 0) is 7.05 Å². The van der Waals surface area contributed by atoms with E-state index in [0.29, 0.717) is 0 Å². The summed E-state index contributed by atoms with van der Waals surface area (Å²) < 4.78 is 1.69. The highest BCUT2D eigenvalue weighted by Crippen LogP contribution is 2.12. The maximum atomic E-state index is 8.79. The molecule has 0 unspecified atom stereocenters. The van der Waals surface area contributed by atoms with E-state index < -0.39 is 0 Å². The zero-order chi connectivity index (χ0) is 8.43. The summed E-state index contributed by atoms with van der Waals surface area (Å²) in [5, 5.41) is 12.8. The zero-order valence-electron chi connectivity index (χ0n) is 6.78. The topological polar surface area (TPSA) is 64.1 Å². The smallest absolute Gasteiger partial charge is 0.0704 e. The Kier molecular flexibility index (Phi) is 2.26. The molecule has 0 aliphatic carbocycles. The Balaban J connectivity index is 3.00. The van der Waals surface area contributed by atoms with Gasteiger partial charge < -0.3 is 10.8 Å². The van der Waals surface area contributed by atoms with Crippen molar-refractivity contribution < 1.29 is 5.11 Å². The Labute approximate surface area is 65.6 Å². The van der Waals surface area contributed by atoms with Crippen molar-refractivity contribution in [3.05, 3.63) is 17.5 Å². The first-order valence-corrected chi connectivity index (χ1v) is 3.51. The molecule has 0 aliphatic heterocycles. The summed E-state index contributed by atoms with van der Waals surface area (Å²) in [5.41, 5.74) is 7.55. The van der Waals surface area contributed by atoms with Crippen LogP contribution in [-0.4, -0.2) is 21.5 Å². The molecular weight excluding hydrogens is 142 g/mol. The third-order valence-corrected chi connectivity index (χ3v) is 1.73. The number of nitrogens with two attached hydrogens (primary N) is 1. The van der Waals surface area contributed by atoms with Crippen LogP contribution in [0.3, 0.4) is 0 Å². The van der Waals surface area contributed by atoms with Crippen LogP contribution in [0.1, 0.15) is 17.3 Å². The molecule has 0 bridgehead atoms. The number of aryl methyl sites for hydroxylation is 2. The Bertz CT molecular complexity index is 224. The lowest BCUT2D eigenvalue weighted by Gasteiger charge is -2.09. The van der Waals surface area contributed by atoms with E-state index >= 15 is 0 Å². The number of rotatable bonds is 2. The van der Waals surface area contributed by atoms with E-state index in [1.54, 1.807) is 10.9 Å². The van der Waals surface area contributed by atoms with Gasteiger partial charge in [-0.1, -0.05) is 0 Å². The molecule has 1 aromatic rings. The minimum Gasteiger partial charge on any atom is -0.394 e. The summed E-state index contributed by atoms with van der Waals surface area (Å²) >= 11 is 0. The molecule has 0 amide bonds. The fourth-order valence-electron chi connectivity index (χ4n) is 1.18. The number of aliphatic hydroxyl groups excluding tert-OH is 1. The molecule has 4 nitrogen and oxygen atoms in total. The van der Waals surface area contributed by atoms with Crippen LogP contribution >= 0.6 is 0 Å². The van der Waals surface area contributed by atoms with Crippen LogP contribution in [0.2, 0.25) is 0 Å². The second-order valence-corrected chi connectivity index (χ2v) is 2.63. The van der Waals surface area contributed by atoms with E-state index in [4.69, 9.17) is 10.8 Å². The molecule has 3 N–H and O–H groups in total.